The van der Waals surface area contributed by atoms with Crippen LogP contribution in [0.4, 0.5) is 10.1 Å². The van der Waals surface area contributed by atoms with Gasteiger partial charge in [-0.3, -0.25) is 4.79 Å². The molecule has 1 aromatic rings. The fraction of sp³-hybridized carbons (Fsp3) is 0.364. The normalized spacial score (nSPS) is 20.3. The molecular formula is C11H11BrFNO2. The van der Waals surface area contributed by atoms with Gasteiger partial charge < -0.3 is 9.64 Å². The van der Waals surface area contributed by atoms with E-state index in [4.69, 9.17) is 4.74 Å². The first-order chi connectivity index (χ1) is 7.63. The van der Waals surface area contributed by atoms with Gasteiger partial charge in [-0.05, 0) is 12.1 Å². The topological polar surface area (TPSA) is 29.5 Å². The van der Waals surface area contributed by atoms with Crippen molar-refractivity contribution in [2.75, 3.05) is 18.6 Å². The summed E-state index contributed by atoms with van der Waals surface area (Å²) < 4.78 is 18.4. The summed E-state index contributed by atoms with van der Waals surface area (Å²) in [5.74, 6) is -0.353. The van der Waals surface area contributed by atoms with Gasteiger partial charge >= 0.3 is 0 Å². The van der Waals surface area contributed by atoms with E-state index in [0.29, 0.717) is 18.7 Å². The molecule has 1 fully saturated rings. The van der Waals surface area contributed by atoms with E-state index in [1.54, 1.807) is 17.0 Å². The van der Waals surface area contributed by atoms with Crippen molar-refractivity contribution in [2.24, 2.45) is 0 Å². The van der Waals surface area contributed by atoms with Crippen molar-refractivity contribution in [3.8, 4) is 5.75 Å². The van der Waals surface area contributed by atoms with Gasteiger partial charge in [-0.15, -0.1) is 0 Å². The molecule has 1 amide bonds. The largest absolute Gasteiger partial charge is 0.492 e. The van der Waals surface area contributed by atoms with Crippen LogP contribution in [0.5, 0.6) is 5.75 Å². The summed E-state index contributed by atoms with van der Waals surface area (Å²) in [6.07, 6.45) is 0.430. The Labute approximate surface area is 101 Å². The third-order valence-corrected chi connectivity index (χ3v) is 3.13. The maximum Gasteiger partial charge on any atom is 0.228 e. The number of para-hydroxylation sites is 1. The third-order valence-electron chi connectivity index (χ3n) is 2.52. The van der Waals surface area contributed by atoms with Crippen LogP contribution >= 0.6 is 15.9 Å². The molecule has 1 aliphatic heterocycles. The molecule has 1 aliphatic rings. The first kappa shape index (κ1) is 11.4. The molecule has 1 saturated heterocycles. The van der Waals surface area contributed by atoms with Crippen LogP contribution in [0.25, 0.3) is 0 Å². The second kappa shape index (κ2) is 4.41. The number of rotatable bonds is 2. The monoisotopic (exact) mass is 287 g/mol. The summed E-state index contributed by atoms with van der Waals surface area (Å²) in [5.41, 5.74) is 0.495. The Bertz CT molecular complexity index is 424. The molecule has 1 aromatic carbocycles. The van der Waals surface area contributed by atoms with Gasteiger partial charge in [-0.2, -0.15) is 0 Å². The van der Waals surface area contributed by atoms with Gasteiger partial charge in [-0.1, -0.05) is 22.0 Å². The molecule has 0 spiro atoms. The Morgan fingerprint density at radius 2 is 2.31 bits per heavy atom. The molecule has 0 N–H and O–H groups in total. The Hall–Kier alpha value is -1.10. The Morgan fingerprint density at radius 1 is 1.56 bits per heavy atom. The first-order valence-corrected chi connectivity index (χ1v) is 5.82. The van der Waals surface area contributed by atoms with Crippen molar-refractivity contribution in [3.63, 3.8) is 0 Å². The zero-order valence-corrected chi connectivity index (χ0v) is 10.3. The number of halogens is 2. The van der Waals surface area contributed by atoms with Crippen molar-refractivity contribution in [1.82, 2.24) is 0 Å². The zero-order valence-electron chi connectivity index (χ0n) is 8.74. The maximum atomic E-state index is 13.5. The zero-order chi connectivity index (χ0) is 11.7. The van der Waals surface area contributed by atoms with Crippen LogP contribution in [0.1, 0.15) is 6.42 Å². The number of alkyl halides is 1. The first-order valence-electron chi connectivity index (χ1n) is 4.90. The number of hydrogen-bond donors (Lipinski definition) is 0. The lowest BCUT2D eigenvalue weighted by Gasteiger charge is -2.19. The molecular weight excluding hydrogens is 277 g/mol. The molecule has 1 atom stereocenters. The van der Waals surface area contributed by atoms with Crippen LogP contribution in [0.3, 0.4) is 0 Å². The smallest absolute Gasteiger partial charge is 0.228 e. The number of methoxy groups -OCH3 is 1. The van der Waals surface area contributed by atoms with Gasteiger partial charge in [0.05, 0.1) is 12.8 Å². The summed E-state index contributed by atoms with van der Waals surface area (Å²) in [7, 11) is 1.40. The number of carbonyl (C=O) groups excluding carboxylic acids is 1. The highest BCUT2D eigenvalue weighted by molar-refractivity contribution is 9.09. The molecule has 5 heteroatoms. The van der Waals surface area contributed by atoms with E-state index in [-0.39, 0.29) is 16.5 Å². The highest BCUT2D eigenvalue weighted by atomic mass is 79.9. The minimum atomic E-state index is -0.453. The van der Waals surface area contributed by atoms with Crippen LogP contribution < -0.4 is 9.64 Å². The standard InChI is InChI=1S/C11H11BrFNO2/c1-16-11-8(13)3-2-4-9(11)14-6-7(12)5-10(14)15/h2-4,7H,5-6H2,1H3. The van der Waals surface area contributed by atoms with Gasteiger partial charge in [0.15, 0.2) is 11.6 Å². The van der Waals surface area contributed by atoms with Crippen molar-refractivity contribution in [1.29, 1.82) is 0 Å². The van der Waals surface area contributed by atoms with Crippen LogP contribution in [-0.2, 0) is 4.79 Å². The molecule has 16 heavy (non-hydrogen) atoms. The quantitative estimate of drug-likeness (QED) is 0.782. The fourth-order valence-electron chi connectivity index (χ4n) is 1.81. The van der Waals surface area contributed by atoms with Crippen LogP contribution in [0, 0.1) is 5.82 Å². The maximum absolute atomic E-state index is 13.5. The van der Waals surface area contributed by atoms with E-state index in [9.17, 15) is 9.18 Å². The molecule has 86 valence electrons. The highest BCUT2D eigenvalue weighted by Crippen LogP contribution is 2.34. The third kappa shape index (κ3) is 1.91. The summed E-state index contributed by atoms with van der Waals surface area (Å²) in [5, 5.41) is 0. The number of benzene rings is 1. The fourth-order valence-corrected chi connectivity index (χ4v) is 2.38. The Morgan fingerprint density at radius 3 is 2.88 bits per heavy atom. The summed E-state index contributed by atoms with van der Waals surface area (Å²) >= 11 is 3.38. The number of nitrogens with zero attached hydrogens (tertiary/aromatic N) is 1. The second-order valence-electron chi connectivity index (χ2n) is 3.60. The van der Waals surface area contributed by atoms with Crippen molar-refractivity contribution < 1.29 is 13.9 Å². The van der Waals surface area contributed by atoms with E-state index >= 15 is 0 Å². The lowest BCUT2D eigenvalue weighted by molar-refractivity contribution is -0.117. The van der Waals surface area contributed by atoms with Crippen molar-refractivity contribution >= 4 is 27.5 Å². The van der Waals surface area contributed by atoms with E-state index < -0.39 is 5.82 Å². The lowest BCUT2D eigenvalue weighted by Crippen LogP contribution is -2.25. The van der Waals surface area contributed by atoms with Gasteiger partial charge in [0.1, 0.15) is 0 Å². The lowest BCUT2D eigenvalue weighted by atomic mass is 10.2. The van der Waals surface area contributed by atoms with Gasteiger partial charge in [0.2, 0.25) is 5.91 Å². The molecule has 0 saturated carbocycles. The molecule has 1 heterocycles. The van der Waals surface area contributed by atoms with Crippen LogP contribution in [-0.4, -0.2) is 24.4 Å². The van der Waals surface area contributed by atoms with Crippen molar-refractivity contribution in [3.05, 3.63) is 24.0 Å². The summed E-state index contributed by atoms with van der Waals surface area (Å²) in [6.45, 7) is 0.540. The van der Waals surface area contributed by atoms with Crippen LogP contribution in [0.2, 0.25) is 0 Å². The van der Waals surface area contributed by atoms with E-state index in [1.165, 1.54) is 13.2 Å². The number of amides is 1. The molecule has 0 radical (unpaired) electrons. The predicted octanol–water partition coefficient (Wildman–Crippen LogP) is 2.33. The average molecular weight is 288 g/mol. The predicted molar refractivity (Wildman–Crippen MR) is 62.6 cm³/mol. The summed E-state index contributed by atoms with van der Waals surface area (Å²) in [6, 6.07) is 4.57. The van der Waals surface area contributed by atoms with Gasteiger partial charge in [0, 0.05) is 17.8 Å². The molecule has 0 aromatic heterocycles. The number of carbonyl (C=O) groups is 1. The molecule has 3 nitrogen and oxygen atoms in total. The van der Waals surface area contributed by atoms with E-state index in [1.807, 2.05) is 0 Å². The molecule has 0 aliphatic carbocycles. The van der Waals surface area contributed by atoms with E-state index in [2.05, 4.69) is 15.9 Å². The Kier molecular flexibility index (Phi) is 3.14. The Balaban J connectivity index is 2.40. The van der Waals surface area contributed by atoms with Crippen LogP contribution in [0.15, 0.2) is 18.2 Å². The number of hydrogen-bond acceptors (Lipinski definition) is 2. The van der Waals surface area contributed by atoms with Crippen molar-refractivity contribution in [2.45, 2.75) is 11.2 Å². The number of anilines is 1. The second-order valence-corrected chi connectivity index (χ2v) is 4.89. The average Bonchev–Trinajstić information content (AvgIpc) is 2.57. The number of ether oxygens (including phenoxy) is 1. The minimum absolute atomic E-state index is 0.0224. The molecule has 2 rings (SSSR count). The van der Waals surface area contributed by atoms with Gasteiger partial charge in [-0.25, -0.2) is 4.39 Å². The van der Waals surface area contributed by atoms with E-state index in [0.717, 1.165) is 0 Å². The molecule has 1 unspecified atom stereocenters. The SMILES string of the molecule is COc1c(F)cccc1N1CC(Br)CC1=O. The molecule has 0 bridgehead atoms. The summed E-state index contributed by atoms with van der Waals surface area (Å²) in [4.78, 5) is 13.3. The minimum Gasteiger partial charge on any atom is -0.492 e. The highest BCUT2D eigenvalue weighted by Gasteiger charge is 2.31. The van der Waals surface area contributed by atoms with Gasteiger partial charge in [0.25, 0.3) is 0 Å².